The third-order valence-corrected chi connectivity index (χ3v) is 3.45. The maximum atomic E-state index is 13.1. The van der Waals surface area contributed by atoms with Crippen molar-refractivity contribution in [1.29, 1.82) is 0 Å². The predicted octanol–water partition coefficient (Wildman–Crippen LogP) is 1.48. The van der Waals surface area contributed by atoms with Crippen molar-refractivity contribution in [3.63, 3.8) is 0 Å². The highest BCUT2D eigenvalue weighted by molar-refractivity contribution is 5.76. The zero-order valence-corrected chi connectivity index (χ0v) is 10.9. The van der Waals surface area contributed by atoms with Gasteiger partial charge in [-0.3, -0.25) is 9.48 Å². The summed E-state index contributed by atoms with van der Waals surface area (Å²) in [4.78, 5) is 11.8. The standard InChI is InChI=1S/C14H15FN4O/c15-11-3-1-2-10(8-11)12-9-13(12)17-14(20)4-6-19-7-5-16-18-19/h1-3,5,7-8,12-13H,4,6,9H2,(H,17,20)/t12-,13+/m0/s1. The van der Waals surface area contributed by atoms with E-state index in [0.29, 0.717) is 13.0 Å². The smallest absolute Gasteiger partial charge is 0.222 e. The summed E-state index contributed by atoms with van der Waals surface area (Å²) < 4.78 is 14.7. The maximum absolute atomic E-state index is 13.1. The fraction of sp³-hybridized carbons (Fsp3) is 0.357. The first-order chi connectivity index (χ1) is 9.72. The van der Waals surface area contributed by atoms with E-state index < -0.39 is 0 Å². The van der Waals surface area contributed by atoms with Crippen LogP contribution in [-0.4, -0.2) is 26.9 Å². The summed E-state index contributed by atoms with van der Waals surface area (Å²) in [5, 5.41) is 10.4. The van der Waals surface area contributed by atoms with Gasteiger partial charge in [0.25, 0.3) is 0 Å². The van der Waals surface area contributed by atoms with Crippen LogP contribution in [0.25, 0.3) is 0 Å². The molecule has 0 radical (unpaired) electrons. The minimum Gasteiger partial charge on any atom is -0.353 e. The average Bonchev–Trinajstić information content (AvgIpc) is 2.99. The van der Waals surface area contributed by atoms with Gasteiger partial charge in [-0.05, 0) is 24.1 Å². The number of nitrogens with zero attached hydrogens (tertiary/aromatic N) is 3. The zero-order valence-electron chi connectivity index (χ0n) is 10.9. The molecule has 1 aliphatic carbocycles. The van der Waals surface area contributed by atoms with Crippen LogP contribution in [0.3, 0.4) is 0 Å². The molecule has 1 aliphatic rings. The molecule has 3 rings (SSSR count). The lowest BCUT2D eigenvalue weighted by Crippen LogP contribution is -2.27. The van der Waals surface area contributed by atoms with E-state index in [1.54, 1.807) is 23.1 Å². The minimum absolute atomic E-state index is 0.00981. The quantitative estimate of drug-likeness (QED) is 0.898. The fourth-order valence-electron chi connectivity index (χ4n) is 2.31. The Morgan fingerprint density at radius 1 is 1.50 bits per heavy atom. The summed E-state index contributed by atoms with van der Waals surface area (Å²) in [7, 11) is 0. The van der Waals surface area contributed by atoms with Gasteiger partial charge in [-0.15, -0.1) is 5.10 Å². The number of aromatic nitrogens is 3. The molecule has 0 saturated heterocycles. The molecule has 1 heterocycles. The number of benzene rings is 1. The number of carbonyl (C=O) groups is 1. The van der Waals surface area contributed by atoms with Crippen LogP contribution in [0.2, 0.25) is 0 Å². The van der Waals surface area contributed by atoms with Gasteiger partial charge in [0, 0.05) is 24.6 Å². The number of hydrogen-bond donors (Lipinski definition) is 1. The monoisotopic (exact) mass is 274 g/mol. The lowest BCUT2D eigenvalue weighted by molar-refractivity contribution is -0.121. The predicted molar refractivity (Wildman–Crippen MR) is 70.3 cm³/mol. The SMILES string of the molecule is O=C(CCn1ccnn1)N[C@@H]1C[C@H]1c1cccc(F)c1. The Kier molecular flexibility index (Phi) is 3.45. The summed E-state index contributed by atoms with van der Waals surface area (Å²) in [5.74, 6) is -0.00363. The van der Waals surface area contributed by atoms with Crippen LogP contribution in [0.4, 0.5) is 4.39 Å². The number of carbonyl (C=O) groups excluding carboxylic acids is 1. The van der Waals surface area contributed by atoms with E-state index in [4.69, 9.17) is 0 Å². The van der Waals surface area contributed by atoms with Crippen molar-refractivity contribution in [2.45, 2.75) is 31.3 Å². The van der Waals surface area contributed by atoms with Crippen molar-refractivity contribution in [2.75, 3.05) is 0 Å². The van der Waals surface area contributed by atoms with E-state index in [1.165, 1.54) is 12.1 Å². The zero-order chi connectivity index (χ0) is 13.9. The summed E-state index contributed by atoms with van der Waals surface area (Å²) >= 11 is 0. The van der Waals surface area contributed by atoms with Gasteiger partial charge in [-0.25, -0.2) is 4.39 Å². The number of halogens is 1. The van der Waals surface area contributed by atoms with Crippen LogP contribution in [0.5, 0.6) is 0 Å². The number of hydrogen-bond acceptors (Lipinski definition) is 3. The molecule has 2 atom stereocenters. The second-order valence-corrected chi connectivity index (χ2v) is 4.99. The van der Waals surface area contributed by atoms with Crippen molar-refractivity contribution in [2.24, 2.45) is 0 Å². The van der Waals surface area contributed by atoms with Gasteiger partial charge >= 0.3 is 0 Å². The lowest BCUT2D eigenvalue weighted by Gasteiger charge is -2.05. The van der Waals surface area contributed by atoms with Crippen molar-refractivity contribution in [3.8, 4) is 0 Å². The molecule has 20 heavy (non-hydrogen) atoms. The number of nitrogens with one attached hydrogen (secondary N) is 1. The minimum atomic E-state index is -0.231. The van der Waals surface area contributed by atoms with Gasteiger partial charge in [0.15, 0.2) is 0 Å². The molecule has 0 unspecified atom stereocenters. The fourth-order valence-corrected chi connectivity index (χ4v) is 2.31. The Morgan fingerprint density at radius 2 is 2.40 bits per heavy atom. The molecule has 104 valence electrons. The second kappa shape index (κ2) is 5.40. The van der Waals surface area contributed by atoms with E-state index in [1.807, 2.05) is 6.07 Å². The van der Waals surface area contributed by atoms with Gasteiger partial charge in [0.05, 0.1) is 12.7 Å². The Labute approximate surface area is 115 Å². The van der Waals surface area contributed by atoms with Crippen molar-refractivity contribution < 1.29 is 9.18 Å². The van der Waals surface area contributed by atoms with Gasteiger partial charge in [0.1, 0.15) is 5.82 Å². The van der Waals surface area contributed by atoms with Gasteiger partial charge in [0.2, 0.25) is 5.91 Å². The third-order valence-electron chi connectivity index (χ3n) is 3.45. The Balaban J connectivity index is 1.47. The topological polar surface area (TPSA) is 59.8 Å². The Bertz CT molecular complexity index is 599. The van der Waals surface area contributed by atoms with Crippen molar-refractivity contribution in [1.82, 2.24) is 20.3 Å². The van der Waals surface area contributed by atoms with E-state index in [2.05, 4.69) is 15.6 Å². The highest BCUT2D eigenvalue weighted by Crippen LogP contribution is 2.40. The summed E-state index contributed by atoms with van der Waals surface area (Å²) in [6.45, 7) is 0.517. The lowest BCUT2D eigenvalue weighted by atomic mass is 10.1. The van der Waals surface area contributed by atoms with Crippen LogP contribution in [0, 0.1) is 5.82 Å². The molecule has 2 aromatic rings. The number of aryl methyl sites for hydroxylation is 1. The summed E-state index contributed by atoms with van der Waals surface area (Å²) in [5.41, 5.74) is 0.951. The van der Waals surface area contributed by atoms with Crippen molar-refractivity contribution >= 4 is 5.91 Å². The molecule has 6 heteroatoms. The molecule has 5 nitrogen and oxygen atoms in total. The van der Waals surface area contributed by atoms with Crippen LogP contribution < -0.4 is 5.32 Å². The molecule has 1 N–H and O–H groups in total. The highest BCUT2D eigenvalue weighted by atomic mass is 19.1. The van der Waals surface area contributed by atoms with E-state index >= 15 is 0 Å². The largest absolute Gasteiger partial charge is 0.353 e. The van der Waals surface area contributed by atoms with Crippen LogP contribution in [0.15, 0.2) is 36.7 Å². The van der Waals surface area contributed by atoms with Gasteiger partial charge < -0.3 is 5.32 Å². The molecule has 0 aliphatic heterocycles. The number of amides is 1. The molecule has 0 bridgehead atoms. The Hall–Kier alpha value is -2.24. The molecule has 1 aromatic heterocycles. The molecule has 1 amide bonds. The van der Waals surface area contributed by atoms with Crippen LogP contribution in [0.1, 0.15) is 24.3 Å². The molecule has 1 saturated carbocycles. The van der Waals surface area contributed by atoms with E-state index in [-0.39, 0.29) is 23.7 Å². The number of rotatable bonds is 5. The molecule has 1 fully saturated rings. The second-order valence-electron chi connectivity index (χ2n) is 4.99. The summed E-state index contributed by atoms with van der Waals surface area (Å²) in [6, 6.07) is 6.69. The average molecular weight is 274 g/mol. The van der Waals surface area contributed by atoms with Gasteiger partial charge in [-0.1, -0.05) is 17.3 Å². The van der Waals surface area contributed by atoms with E-state index in [9.17, 15) is 9.18 Å². The normalized spacial score (nSPS) is 20.6. The maximum Gasteiger partial charge on any atom is 0.222 e. The molecular weight excluding hydrogens is 259 g/mol. The van der Waals surface area contributed by atoms with Crippen LogP contribution in [-0.2, 0) is 11.3 Å². The summed E-state index contributed by atoms with van der Waals surface area (Å²) in [6.07, 6.45) is 4.55. The van der Waals surface area contributed by atoms with Crippen LogP contribution >= 0.6 is 0 Å². The highest BCUT2D eigenvalue weighted by Gasteiger charge is 2.39. The molecule has 0 spiro atoms. The first-order valence-corrected chi connectivity index (χ1v) is 6.61. The first-order valence-electron chi connectivity index (χ1n) is 6.61. The molecular formula is C14H15FN4O. The van der Waals surface area contributed by atoms with Crippen molar-refractivity contribution in [3.05, 3.63) is 48.0 Å². The van der Waals surface area contributed by atoms with E-state index in [0.717, 1.165) is 12.0 Å². The molecule has 1 aromatic carbocycles. The van der Waals surface area contributed by atoms with Gasteiger partial charge in [-0.2, -0.15) is 0 Å². The third kappa shape index (κ3) is 3.01. The first kappa shape index (κ1) is 12.8. The Morgan fingerprint density at radius 3 is 3.15 bits per heavy atom.